The molecule has 0 radical (unpaired) electrons. The lowest BCUT2D eigenvalue weighted by molar-refractivity contribution is -0.131. The molecule has 1 saturated heterocycles. The van der Waals surface area contributed by atoms with Crippen LogP contribution in [-0.2, 0) is 22.4 Å². The topological polar surface area (TPSA) is 99.2 Å². The fraction of sp³-hybridized carbons (Fsp3) is 0.640. The smallest absolute Gasteiger partial charge is 0.223 e. The van der Waals surface area contributed by atoms with Gasteiger partial charge in [-0.3, -0.25) is 14.5 Å². The lowest BCUT2D eigenvalue weighted by Gasteiger charge is -2.34. The number of hydrogen-bond donors (Lipinski definition) is 2. The van der Waals surface area contributed by atoms with E-state index in [0.29, 0.717) is 25.3 Å². The second-order valence-corrected chi connectivity index (χ2v) is 9.98. The highest BCUT2D eigenvalue weighted by Crippen LogP contribution is 2.40. The van der Waals surface area contributed by atoms with Crippen molar-refractivity contribution in [3.63, 3.8) is 0 Å². The van der Waals surface area contributed by atoms with Crippen LogP contribution in [-0.4, -0.2) is 41.9 Å². The third kappa shape index (κ3) is 4.77. The van der Waals surface area contributed by atoms with Crippen LogP contribution < -0.4 is 11.1 Å². The van der Waals surface area contributed by atoms with E-state index >= 15 is 0 Å². The molecule has 3 aliphatic rings. The lowest BCUT2D eigenvalue weighted by atomic mass is 9.70. The van der Waals surface area contributed by atoms with E-state index < -0.39 is 11.0 Å². The van der Waals surface area contributed by atoms with Gasteiger partial charge in [0.2, 0.25) is 11.8 Å². The molecule has 0 aromatic heterocycles. The summed E-state index contributed by atoms with van der Waals surface area (Å²) in [6.07, 6.45) is 8.23. The van der Waals surface area contributed by atoms with E-state index in [0.717, 1.165) is 58.0 Å². The van der Waals surface area contributed by atoms with Crippen molar-refractivity contribution in [3.8, 4) is 6.07 Å². The molecule has 166 valence electrons. The minimum absolute atomic E-state index is 0.136. The van der Waals surface area contributed by atoms with E-state index in [4.69, 9.17) is 5.73 Å². The Balaban J connectivity index is 1.29. The van der Waals surface area contributed by atoms with E-state index in [2.05, 4.69) is 40.6 Å². The third-order valence-corrected chi connectivity index (χ3v) is 7.76. The van der Waals surface area contributed by atoms with Crippen molar-refractivity contribution in [2.24, 2.45) is 17.1 Å². The van der Waals surface area contributed by atoms with E-state index in [9.17, 15) is 14.9 Å². The summed E-state index contributed by atoms with van der Waals surface area (Å²) in [4.78, 5) is 27.1. The highest BCUT2D eigenvalue weighted by atomic mass is 16.2. The predicted molar refractivity (Wildman–Crippen MR) is 119 cm³/mol. The number of likely N-dealkylation sites (tertiary alicyclic amines) is 1. The first-order chi connectivity index (χ1) is 14.9. The number of nitriles is 1. The highest BCUT2D eigenvalue weighted by molar-refractivity contribution is 5.83. The lowest BCUT2D eigenvalue weighted by Crippen LogP contribution is -2.50. The molecule has 1 unspecified atom stereocenters. The van der Waals surface area contributed by atoms with Crippen LogP contribution in [0.15, 0.2) is 24.3 Å². The number of benzene rings is 1. The normalized spacial score (nSPS) is 25.6. The van der Waals surface area contributed by atoms with Crippen molar-refractivity contribution in [1.82, 2.24) is 10.2 Å². The van der Waals surface area contributed by atoms with Gasteiger partial charge in [-0.2, -0.15) is 5.26 Å². The second-order valence-electron chi connectivity index (χ2n) is 9.98. The largest absolute Gasteiger partial charge is 0.369 e. The Labute approximate surface area is 185 Å². The Hall–Kier alpha value is -2.39. The van der Waals surface area contributed by atoms with Crippen LogP contribution in [0.2, 0.25) is 0 Å². The summed E-state index contributed by atoms with van der Waals surface area (Å²) < 4.78 is 0. The minimum Gasteiger partial charge on any atom is -0.369 e. The fourth-order valence-electron chi connectivity index (χ4n) is 5.94. The highest BCUT2D eigenvalue weighted by Gasteiger charge is 2.42. The van der Waals surface area contributed by atoms with Gasteiger partial charge in [-0.15, -0.1) is 0 Å². The number of rotatable bonds is 7. The molecule has 1 aromatic rings. The van der Waals surface area contributed by atoms with E-state index in [1.807, 2.05) is 0 Å². The molecule has 2 amide bonds. The Bertz CT molecular complexity index is 846. The maximum atomic E-state index is 12.7. The molecule has 31 heavy (non-hydrogen) atoms. The summed E-state index contributed by atoms with van der Waals surface area (Å²) in [6, 6.07) is 11.0. The number of nitrogens with zero attached hydrogens (tertiary/aromatic N) is 2. The van der Waals surface area contributed by atoms with Crippen molar-refractivity contribution < 1.29 is 9.59 Å². The maximum Gasteiger partial charge on any atom is 0.223 e. The van der Waals surface area contributed by atoms with Gasteiger partial charge in [0, 0.05) is 31.5 Å². The number of fused-ring (bicyclic) bond motifs is 1. The molecule has 0 spiro atoms. The molecule has 6 nitrogen and oxygen atoms in total. The maximum absolute atomic E-state index is 12.7. The molecule has 1 aliphatic heterocycles. The van der Waals surface area contributed by atoms with Gasteiger partial charge in [0.25, 0.3) is 0 Å². The standard InChI is InChI=1S/C25H34N4O2/c26-17-25(28-22(30)8-11-24(23(27)31)9-4-1-5-10-24)12-13-29(18-25)16-19-14-20-6-2-3-7-21(20)15-19/h2-3,6-7,19H,1,4-5,8-16,18H2,(H2,27,31)(H,28,30). The second kappa shape index (κ2) is 9.00. The number of primary amides is 1. The molecular weight excluding hydrogens is 388 g/mol. The van der Waals surface area contributed by atoms with Crippen molar-refractivity contribution >= 4 is 11.8 Å². The summed E-state index contributed by atoms with van der Waals surface area (Å²) >= 11 is 0. The van der Waals surface area contributed by atoms with Crippen LogP contribution in [0.25, 0.3) is 0 Å². The predicted octanol–water partition coefficient (Wildman–Crippen LogP) is 2.70. The van der Waals surface area contributed by atoms with E-state index in [-0.39, 0.29) is 18.2 Å². The first-order valence-electron chi connectivity index (χ1n) is 11.7. The van der Waals surface area contributed by atoms with Crippen LogP contribution >= 0.6 is 0 Å². The summed E-state index contributed by atoms with van der Waals surface area (Å²) in [5.74, 6) is 0.159. The number of hydrogen-bond acceptors (Lipinski definition) is 4. The number of carbonyl (C=O) groups excluding carboxylic acids is 2. The first kappa shape index (κ1) is 21.8. The quantitative estimate of drug-likeness (QED) is 0.706. The van der Waals surface area contributed by atoms with Gasteiger partial charge in [-0.1, -0.05) is 43.5 Å². The molecule has 2 aliphatic carbocycles. The summed E-state index contributed by atoms with van der Waals surface area (Å²) in [7, 11) is 0. The average molecular weight is 423 g/mol. The van der Waals surface area contributed by atoms with E-state index in [1.54, 1.807) is 0 Å². The molecule has 1 saturated carbocycles. The number of amides is 2. The zero-order chi connectivity index (χ0) is 21.9. The molecule has 1 heterocycles. The molecule has 2 fully saturated rings. The van der Waals surface area contributed by atoms with Crippen LogP contribution in [0, 0.1) is 22.7 Å². The van der Waals surface area contributed by atoms with Crippen molar-refractivity contribution in [2.45, 2.75) is 69.7 Å². The molecule has 1 atom stereocenters. The van der Waals surface area contributed by atoms with Crippen molar-refractivity contribution in [1.29, 1.82) is 5.26 Å². The van der Waals surface area contributed by atoms with Crippen molar-refractivity contribution in [3.05, 3.63) is 35.4 Å². The van der Waals surface area contributed by atoms with Gasteiger partial charge in [0.05, 0.1) is 6.07 Å². The molecule has 1 aromatic carbocycles. The Morgan fingerprint density at radius 2 is 1.81 bits per heavy atom. The van der Waals surface area contributed by atoms with Crippen LogP contribution in [0.4, 0.5) is 0 Å². The van der Waals surface area contributed by atoms with Crippen LogP contribution in [0.5, 0.6) is 0 Å². The summed E-state index contributed by atoms with van der Waals surface area (Å²) in [6.45, 7) is 2.35. The summed E-state index contributed by atoms with van der Waals surface area (Å²) in [5.41, 5.74) is 7.22. The zero-order valence-corrected chi connectivity index (χ0v) is 18.4. The monoisotopic (exact) mass is 422 g/mol. The molecule has 0 bridgehead atoms. The van der Waals surface area contributed by atoms with Crippen molar-refractivity contribution in [2.75, 3.05) is 19.6 Å². The first-order valence-corrected chi connectivity index (χ1v) is 11.7. The molecule has 6 heteroatoms. The van der Waals surface area contributed by atoms with Crippen LogP contribution in [0.1, 0.15) is 62.5 Å². The van der Waals surface area contributed by atoms with Gasteiger partial charge < -0.3 is 11.1 Å². The molecule has 4 rings (SSSR count). The minimum atomic E-state index is -0.824. The third-order valence-electron chi connectivity index (χ3n) is 7.76. The van der Waals surface area contributed by atoms with E-state index in [1.165, 1.54) is 11.1 Å². The fourth-order valence-corrected chi connectivity index (χ4v) is 5.94. The Morgan fingerprint density at radius 3 is 2.42 bits per heavy atom. The van der Waals surface area contributed by atoms with Gasteiger partial charge in [-0.25, -0.2) is 0 Å². The zero-order valence-electron chi connectivity index (χ0n) is 18.4. The Kier molecular flexibility index (Phi) is 6.34. The number of carbonyl (C=O) groups is 2. The Morgan fingerprint density at radius 1 is 1.13 bits per heavy atom. The van der Waals surface area contributed by atoms with Gasteiger partial charge in [0.1, 0.15) is 5.54 Å². The number of nitrogens with two attached hydrogens (primary N) is 1. The van der Waals surface area contributed by atoms with Gasteiger partial charge in [-0.05, 0) is 55.6 Å². The van der Waals surface area contributed by atoms with Crippen LogP contribution in [0.3, 0.4) is 0 Å². The molecular formula is C25H34N4O2. The molecule has 3 N–H and O–H groups in total. The average Bonchev–Trinajstić information content (AvgIpc) is 3.37. The SMILES string of the molecule is N#CC1(NC(=O)CCC2(C(N)=O)CCCCC2)CCN(CC2Cc3ccccc3C2)C1. The van der Waals surface area contributed by atoms with Gasteiger partial charge in [0.15, 0.2) is 0 Å². The summed E-state index contributed by atoms with van der Waals surface area (Å²) in [5, 5.41) is 12.9. The number of nitrogens with one attached hydrogen (secondary N) is 1. The van der Waals surface area contributed by atoms with Gasteiger partial charge >= 0.3 is 0 Å².